The fraction of sp³-hybridized carbons (Fsp3) is 0.500. The number of nitrogens with zero attached hydrogens (tertiary/aromatic N) is 2. The first-order chi connectivity index (χ1) is 9.22. The van der Waals surface area contributed by atoms with E-state index in [2.05, 4.69) is 4.98 Å². The Morgan fingerprint density at radius 1 is 1.53 bits per heavy atom. The first kappa shape index (κ1) is 13.5. The highest BCUT2D eigenvalue weighted by atomic mass is 16.5. The van der Waals surface area contributed by atoms with Crippen LogP contribution in [0, 0.1) is 0 Å². The van der Waals surface area contributed by atoms with E-state index >= 15 is 0 Å². The van der Waals surface area contributed by atoms with Crippen molar-refractivity contribution in [3.05, 3.63) is 24.4 Å². The predicted octanol–water partition coefficient (Wildman–Crippen LogP) is 1.92. The summed E-state index contributed by atoms with van der Waals surface area (Å²) in [5.41, 5.74) is 0. The van der Waals surface area contributed by atoms with Gasteiger partial charge < -0.3 is 4.74 Å². The minimum atomic E-state index is -0.206. The Balaban J connectivity index is 2.00. The Labute approximate surface area is 112 Å². The largest absolute Gasteiger partial charge is 0.466 e. The minimum absolute atomic E-state index is 0.0480. The average molecular weight is 262 g/mol. The molecule has 5 nitrogen and oxygen atoms in total. The molecule has 1 amide bonds. The molecule has 102 valence electrons. The molecule has 5 heteroatoms. The predicted molar refractivity (Wildman–Crippen MR) is 70.6 cm³/mol. The van der Waals surface area contributed by atoms with Crippen LogP contribution >= 0.6 is 0 Å². The number of carbonyl (C=O) groups excluding carboxylic acids is 2. The molecule has 1 aromatic heterocycles. The van der Waals surface area contributed by atoms with Gasteiger partial charge in [-0.3, -0.25) is 14.5 Å². The van der Waals surface area contributed by atoms with Crippen molar-refractivity contribution in [1.29, 1.82) is 0 Å². The molecule has 1 aliphatic rings. The fourth-order valence-electron chi connectivity index (χ4n) is 2.35. The van der Waals surface area contributed by atoms with Crippen LogP contribution in [0.15, 0.2) is 24.4 Å². The molecule has 0 aromatic carbocycles. The zero-order valence-corrected chi connectivity index (χ0v) is 11.0. The average Bonchev–Trinajstić information content (AvgIpc) is 2.79. The summed E-state index contributed by atoms with van der Waals surface area (Å²) in [5, 5.41) is 0. The van der Waals surface area contributed by atoms with Gasteiger partial charge >= 0.3 is 5.97 Å². The van der Waals surface area contributed by atoms with Crippen LogP contribution in [0.25, 0.3) is 0 Å². The highest BCUT2D eigenvalue weighted by Crippen LogP contribution is 2.27. The normalized spacial score (nSPS) is 18.7. The maximum Gasteiger partial charge on any atom is 0.305 e. The van der Waals surface area contributed by atoms with Crippen molar-refractivity contribution in [1.82, 2.24) is 4.98 Å². The van der Waals surface area contributed by atoms with Gasteiger partial charge in [0, 0.05) is 25.1 Å². The van der Waals surface area contributed by atoms with Gasteiger partial charge in [0.15, 0.2) is 0 Å². The van der Waals surface area contributed by atoms with Crippen molar-refractivity contribution in [3.8, 4) is 0 Å². The van der Waals surface area contributed by atoms with E-state index in [0.717, 1.165) is 6.42 Å². The van der Waals surface area contributed by atoms with E-state index in [9.17, 15) is 9.59 Å². The number of anilines is 1. The molecule has 1 fully saturated rings. The first-order valence-electron chi connectivity index (χ1n) is 6.61. The Morgan fingerprint density at radius 2 is 2.37 bits per heavy atom. The number of ether oxygens (including phenoxy) is 1. The second kappa shape index (κ2) is 6.31. The fourth-order valence-corrected chi connectivity index (χ4v) is 2.35. The van der Waals surface area contributed by atoms with Gasteiger partial charge in [-0.05, 0) is 31.9 Å². The molecule has 2 rings (SSSR count). The van der Waals surface area contributed by atoms with Crippen LogP contribution < -0.4 is 4.90 Å². The Kier molecular flexibility index (Phi) is 4.49. The summed E-state index contributed by atoms with van der Waals surface area (Å²) in [6.45, 7) is 2.18. The summed E-state index contributed by atoms with van der Waals surface area (Å²) in [6, 6.07) is 5.54. The Bertz CT molecular complexity index is 447. The summed E-state index contributed by atoms with van der Waals surface area (Å²) < 4.78 is 4.91. The van der Waals surface area contributed by atoms with Crippen LogP contribution in [0.3, 0.4) is 0 Å². The zero-order chi connectivity index (χ0) is 13.7. The second-order valence-corrected chi connectivity index (χ2v) is 4.49. The molecule has 0 aliphatic carbocycles. The molecule has 1 aliphatic heterocycles. The summed E-state index contributed by atoms with van der Waals surface area (Å²) >= 11 is 0. The standard InChI is InChI=1S/C14H18N2O3/c1-2-19-14(18)9-7-11-6-8-13(17)16(11)12-5-3-4-10-15-12/h3-5,10-11H,2,6-9H2,1H3/t11-/m1/s1. The van der Waals surface area contributed by atoms with Gasteiger partial charge in [0.2, 0.25) is 5.91 Å². The van der Waals surface area contributed by atoms with Crippen molar-refractivity contribution in [2.45, 2.75) is 38.6 Å². The molecule has 0 spiro atoms. The zero-order valence-electron chi connectivity index (χ0n) is 11.0. The molecule has 0 N–H and O–H groups in total. The van der Waals surface area contributed by atoms with Crippen LogP contribution in [0.4, 0.5) is 5.82 Å². The van der Waals surface area contributed by atoms with Crippen molar-refractivity contribution >= 4 is 17.7 Å². The molecule has 2 heterocycles. The third-order valence-corrected chi connectivity index (χ3v) is 3.21. The van der Waals surface area contributed by atoms with Crippen LogP contribution in [-0.4, -0.2) is 29.5 Å². The van der Waals surface area contributed by atoms with Gasteiger partial charge in [0.25, 0.3) is 0 Å². The summed E-state index contributed by atoms with van der Waals surface area (Å²) in [4.78, 5) is 29.2. The molecule has 0 unspecified atom stereocenters. The monoisotopic (exact) mass is 262 g/mol. The van der Waals surface area contributed by atoms with E-state index in [0.29, 0.717) is 31.7 Å². The van der Waals surface area contributed by atoms with Gasteiger partial charge in [-0.2, -0.15) is 0 Å². The summed E-state index contributed by atoms with van der Waals surface area (Å²) in [5.74, 6) is 0.536. The number of amides is 1. The molecule has 1 aromatic rings. The molecule has 0 saturated carbocycles. The summed E-state index contributed by atoms with van der Waals surface area (Å²) in [6.07, 6.45) is 3.93. The SMILES string of the molecule is CCOC(=O)CC[C@H]1CCC(=O)N1c1ccccn1. The number of aromatic nitrogens is 1. The van der Waals surface area contributed by atoms with Crippen molar-refractivity contribution in [3.63, 3.8) is 0 Å². The van der Waals surface area contributed by atoms with Gasteiger partial charge in [-0.25, -0.2) is 4.98 Å². The van der Waals surface area contributed by atoms with Gasteiger partial charge in [0.1, 0.15) is 5.82 Å². The topological polar surface area (TPSA) is 59.5 Å². The van der Waals surface area contributed by atoms with Crippen molar-refractivity contribution < 1.29 is 14.3 Å². The van der Waals surface area contributed by atoms with E-state index < -0.39 is 0 Å². The number of pyridine rings is 1. The van der Waals surface area contributed by atoms with Gasteiger partial charge in [-0.1, -0.05) is 6.07 Å². The lowest BCUT2D eigenvalue weighted by Gasteiger charge is -2.23. The van der Waals surface area contributed by atoms with Gasteiger partial charge in [0.05, 0.1) is 6.61 Å². The number of rotatable bonds is 5. The lowest BCUT2D eigenvalue weighted by molar-refractivity contribution is -0.143. The van der Waals surface area contributed by atoms with Crippen LogP contribution in [-0.2, 0) is 14.3 Å². The maximum atomic E-state index is 11.9. The molecule has 19 heavy (non-hydrogen) atoms. The number of carbonyl (C=O) groups is 2. The Hall–Kier alpha value is -1.91. The highest BCUT2D eigenvalue weighted by molar-refractivity contribution is 5.95. The number of hydrogen-bond donors (Lipinski definition) is 0. The lowest BCUT2D eigenvalue weighted by Crippen LogP contribution is -2.34. The summed E-state index contributed by atoms with van der Waals surface area (Å²) in [7, 11) is 0. The van der Waals surface area contributed by atoms with E-state index in [1.807, 2.05) is 18.2 Å². The number of esters is 1. The molecule has 1 saturated heterocycles. The lowest BCUT2D eigenvalue weighted by atomic mass is 10.1. The van der Waals surface area contributed by atoms with Gasteiger partial charge in [-0.15, -0.1) is 0 Å². The third kappa shape index (κ3) is 3.30. The maximum absolute atomic E-state index is 11.9. The highest BCUT2D eigenvalue weighted by Gasteiger charge is 2.32. The van der Waals surface area contributed by atoms with E-state index in [1.165, 1.54) is 0 Å². The smallest absolute Gasteiger partial charge is 0.305 e. The Morgan fingerprint density at radius 3 is 3.05 bits per heavy atom. The molecule has 1 atom stereocenters. The minimum Gasteiger partial charge on any atom is -0.466 e. The van der Waals surface area contributed by atoms with Crippen LogP contribution in [0.5, 0.6) is 0 Å². The number of hydrogen-bond acceptors (Lipinski definition) is 4. The van der Waals surface area contributed by atoms with E-state index in [1.54, 1.807) is 18.0 Å². The molecule has 0 bridgehead atoms. The second-order valence-electron chi connectivity index (χ2n) is 4.49. The molecule has 0 radical (unpaired) electrons. The van der Waals surface area contributed by atoms with Crippen molar-refractivity contribution in [2.75, 3.05) is 11.5 Å². The van der Waals surface area contributed by atoms with E-state index in [-0.39, 0.29) is 17.9 Å². The molecular weight excluding hydrogens is 244 g/mol. The quantitative estimate of drug-likeness (QED) is 0.761. The first-order valence-corrected chi connectivity index (χ1v) is 6.61. The van der Waals surface area contributed by atoms with Crippen molar-refractivity contribution in [2.24, 2.45) is 0 Å². The molecular formula is C14H18N2O3. The van der Waals surface area contributed by atoms with E-state index in [4.69, 9.17) is 4.74 Å². The third-order valence-electron chi connectivity index (χ3n) is 3.21. The van der Waals surface area contributed by atoms with Crippen LogP contribution in [0.2, 0.25) is 0 Å². The van der Waals surface area contributed by atoms with Crippen LogP contribution in [0.1, 0.15) is 32.6 Å².